The first kappa shape index (κ1) is 15.3. The summed E-state index contributed by atoms with van der Waals surface area (Å²) in [5, 5.41) is 10.5. The molecule has 0 aromatic rings. The molecular weight excluding hydrogens is 204 g/mol. The van der Waals surface area contributed by atoms with Crippen LogP contribution in [0.15, 0.2) is 0 Å². The summed E-state index contributed by atoms with van der Waals surface area (Å²) in [6.07, 6.45) is 0.737. The molecule has 0 rings (SSSR count). The largest absolute Gasteiger partial charge is 0.392 e. The first-order chi connectivity index (χ1) is 6.63. The Labute approximate surface area is 100 Å². The van der Waals surface area contributed by atoms with Crippen molar-refractivity contribution in [2.75, 3.05) is 0 Å². The second kappa shape index (κ2) is 6.15. The highest BCUT2D eigenvalue weighted by molar-refractivity contribution is 8.01. The van der Waals surface area contributed by atoms with E-state index in [4.69, 9.17) is 0 Å². The Bertz CT molecular complexity index is 170. The van der Waals surface area contributed by atoms with E-state index in [0.717, 1.165) is 6.42 Å². The van der Waals surface area contributed by atoms with Crippen LogP contribution in [0.1, 0.15) is 54.9 Å². The van der Waals surface area contributed by atoms with Gasteiger partial charge in [0.05, 0.1) is 6.10 Å². The molecule has 0 aromatic carbocycles. The van der Waals surface area contributed by atoms with Crippen molar-refractivity contribution in [3.63, 3.8) is 0 Å². The normalized spacial score (nSPS) is 17.2. The van der Waals surface area contributed by atoms with Crippen molar-refractivity contribution in [3.05, 3.63) is 0 Å². The van der Waals surface area contributed by atoms with Crippen molar-refractivity contribution in [2.45, 2.75) is 71.0 Å². The third-order valence-electron chi connectivity index (χ3n) is 2.24. The molecule has 0 bridgehead atoms. The summed E-state index contributed by atoms with van der Waals surface area (Å²) in [4.78, 5) is 0. The van der Waals surface area contributed by atoms with Gasteiger partial charge in [-0.15, -0.1) is 11.8 Å². The van der Waals surface area contributed by atoms with Gasteiger partial charge in [0.15, 0.2) is 0 Å². The third-order valence-corrected chi connectivity index (χ3v) is 4.08. The molecule has 2 unspecified atom stereocenters. The van der Waals surface area contributed by atoms with Gasteiger partial charge in [-0.3, -0.25) is 0 Å². The van der Waals surface area contributed by atoms with E-state index in [1.165, 1.54) is 0 Å². The molecule has 0 aliphatic rings. The molecule has 92 valence electrons. The lowest BCUT2D eigenvalue weighted by Gasteiger charge is -2.32. The molecule has 0 spiro atoms. The van der Waals surface area contributed by atoms with Gasteiger partial charge in [-0.05, 0) is 18.3 Å². The van der Waals surface area contributed by atoms with E-state index >= 15 is 0 Å². The maximum atomic E-state index is 10.2. The number of hydrogen-bond acceptors (Lipinski definition) is 2. The highest BCUT2D eigenvalue weighted by Crippen LogP contribution is 2.35. The van der Waals surface area contributed by atoms with Crippen LogP contribution in [-0.2, 0) is 0 Å². The topological polar surface area (TPSA) is 20.2 Å². The second-order valence-electron chi connectivity index (χ2n) is 6.14. The quantitative estimate of drug-likeness (QED) is 0.774. The summed E-state index contributed by atoms with van der Waals surface area (Å²) >= 11 is 1.91. The van der Waals surface area contributed by atoms with Crippen LogP contribution in [0.25, 0.3) is 0 Å². The van der Waals surface area contributed by atoms with Crippen molar-refractivity contribution in [3.8, 4) is 0 Å². The average molecular weight is 232 g/mol. The van der Waals surface area contributed by atoms with Crippen molar-refractivity contribution >= 4 is 11.8 Å². The molecule has 0 saturated heterocycles. The Morgan fingerprint density at radius 2 is 1.53 bits per heavy atom. The number of hydrogen-bond donors (Lipinski definition) is 1. The van der Waals surface area contributed by atoms with Gasteiger partial charge in [0.1, 0.15) is 0 Å². The molecule has 0 aliphatic carbocycles. The maximum Gasteiger partial charge on any atom is 0.0663 e. The lowest BCUT2D eigenvalue weighted by Crippen LogP contribution is -2.33. The molecule has 0 aliphatic heterocycles. The number of aliphatic hydroxyl groups excluding tert-OH is 1. The summed E-state index contributed by atoms with van der Waals surface area (Å²) in [6.45, 7) is 15.4. The van der Waals surface area contributed by atoms with E-state index in [9.17, 15) is 5.11 Å². The van der Waals surface area contributed by atoms with E-state index in [-0.39, 0.29) is 10.9 Å². The Morgan fingerprint density at radius 1 is 1.07 bits per heavy atom. The smallest absolute Gasteiger partial charge is 0.0663 e. The van der Waals surface area contributed by atoms with Crippen LogP contribution in [0.2, 0.25) is 0 Å². The molecule has 15 heavy (non-hydrogen) atoms. The van der Waals surface area contributed by atoms with Gasteiger partial charge < -0.3 is 5.11 Å². The fourth-order valence-electron chi connectivity index (χ4n) is 1.68. The molecule has 0 fully saturated rings. The van der Waals surface area contributed by atoms with Crippen LogP contribution in [0.5, 0.6) is 0 Å². The Balaban J connectivity index is 4.39. The molecule has 0 saturated carbocycles. The number of thioether (sulfide) groups is 1. The van der Waals surface area contributed by atoms with Crippen LogP contribution >= 0.6 is 11.8 Å². The number of aliphatic hydroxyl groups is 1. The van der Waals surface area contributed by atoms with Gasteiger partial charge in [0.25, 0.3) is 0 Å². The zero-order valence-electron chi connectivity index (χ0n) is 11.4. The SMILES string of the molecule is CC(C)CC(O)C(SC(C)(C)C)C(C)C. The first-order valence-electron chi connectivity index (χ1n) is 5.99. The van der Waals surface area contributed by atoms with E-state index in [1.54, 1.807) is 0 Å². The molecule has 0 heterocycles. The predicted octanol–water partition coefficient (Wildman–Crippen LogP) is 3.95. The molecule has 2 atom stereocenters. The fraction of sp³-hybridized carbons (Fsp3) is 1.00. The number of rotatable bonds is 5. The lowest BCUT2D eigenvalue weighted by atomic mass is 9.97. The summed E-state index contributed by atoms with van der Waals surface area (Å²) < 4.78 is 0.229. The van der Waals surface area contributed by atoms with Crippen LogP contribution in [0.3, 0.4) is 0 Å². The minimum atomic E-state index is -0.172. The van der Waals surface area contributed by atoms with E-state index in [2.05, 4.69) is 48.5 Å². The minimum Gasteiger partial charge on any atom is -0.392 e. The van der Waals surface area contributed by atoms with E-state index in [0.29, 0.717) is 17.1 Å². The Kier molecular flexibility index (Phi) is 6.27. The lowest BCUT2D eigenvalue weighted by molar-refractivity contribution is 0.131. The van der Waals surface area contributed by atoms with Gasteiger partial charge in [0, 0.05) is 10.00 Å². The standard InChI is InChI=1S/C13H28OS/c1-9(2)8-11(14)12(10(3)4)15-13(5,6)7/h9-12,14H,8H2,1-7H3. The van der Waals surface area contributed by atoms with Crippen LogP contribution in [0.4, 0.5) is 0 Å². The van der Waals surface area contributed by atoms with Gasteiger partial charge in [-0.25, -0.2) is 0 Å². The van der Waals surface area contributed by atoms with Crippen molar-refractivity contribution in [2.24, 2.45) is 11.8 Å². The third kappa shape index (κ3) is 7.24. The van der Waals surface area contributed by atoms with Gasteiger partial charge in [0.2, 0.25) is 0 Å². The zero-order valence-corrected chi connectivity index (χ0v) is 12.2. The van der Waals surface area contributed by atoms with Crippen molar-refractivity contribution in [1.82, 2.24) is 0 Å². The molecule has 1 N–H and O–H groups in total. The molecule has 1 nitrogen and oxygen atoms in total. The molecular formula is C13H28OS. The van der Waals surface area contributed by atoms with Crippen molar-refractivity contribution in [1.29, 1.82) is 0 Å². The maximum absolute atomic E-state index is 10.2. The van der Waals surface area contributed by atoms with Crippen molar-refractivity contribution < 1.29 is 5.11 Å². The van der Waals surface area contributed by atoms with Gasteiger partial charge in [-0.1, -0.05) is 48.5 Å². The van der Waals surface area contributed by atoms with Gasteiger partial charge >= 0.3 is 0 Å². The molecule has 2 heteroatoms. The van der Waals surface area contributed by atoms with Crippen LogP contribution < -0.4 is 0 Å². The minimum absolute atomic E-state index is 0.172. The summed E-state index contributed by atoms with van der Waals surface area (Å²) in [6, 6.07) is 0. The summed E-state index contributed by atoms with van der Waals surface area (Å²) in [5.74, 6) is 1.10. The molecule has 0 amide bonds. The van der Waals surface area contributed by atoms with Crippen LogP contribution in [-0.4, -0.2) is 21.2 Å². The molecule has 0 aromatic heterocycles. The Hall–Kier alpha value is 0.310. The second-order valence-corrected chi connectivity index (χ2v) is 8.14. The van der Waals surface area contributed by atoms with Gasteiger partial charge in [-0.2, -0.15) is 0 Å². The summed E-state index contributed by atoms with van der Waals surface area (Å²) in [7, 11) is 0. The fourth-order valence-corrected chi connectivity index (χ4v) is 3.04. The molecule has 0 radical (unpaired) electrons. The highest BCUT2D eigenvalue weighted by Gasteiger charge is 2.28. The first-order valence-corrected chi connectivity index (χ1v) is 6.87. The predicted molar refractivity (Wildman–Crippen MR) is 71.4 cm³/mol. The van der Waals surface area contributed by atoms with E-state index in [1.807, 2.05) is 11.8 Å². The zero-order chi connectivity index (χ0) is 12.2. The monoisotopic (exact) mass is 232 g/mol. The Morgan fingerprint density at radius 3 is 1.80 bits per heavy atom. The van der Waals surface area contributed by atoms with Crippen LogP contribution in [0, 0.1) is 11.8 Å². The average Bonchev–Trinajstić information content (AvgIpc) is 1.96. The van der Waals surface area contributed by atoms with E-state index < -0.39 is 0 Å². The highest BCUT2D eigenvalue weighted by atomic mass is 32.2. The summed E-state index contributed by atoms with van der Waals surface area (Å²) in [5.41, 5.74) is 0.